The Morgan fingerprint density at radius 2 is 2.07 bits per heavy atom. The number of amides is 1. The largest absolute Gasteiger partial charge is 0.467 e. The fraction of sp³-hybridized carbons (Fsp3) is 0.286. The summed E-state index contributed by atoms with van der Waals surface area (Å²) in [7, 11) is 0. The average molecular weight is 395 g/mol. The Labute approximate surface area is 168 Å². The Bertz CT molecular complexity index is 934. The predicted molar refractivity (Wildman–Crippen MR) is 108 cm³/mol. The Balaban J connectivity index is 1.43. The highest BCUT2D eigenvalue weighted by molar-refractivity contribution is 7.99. The van der Waals surface area contributed by atoms with Gasteiger partial charge in [0.25, 0.3) is 0 Å². The number of H-pyrrole nitrogens is 1. The van der Waals surface area contributed by atoms with E-state index in [4.69, 9.17) is 4.42 Å². The van der Waals surface area contributed by atoms with Gasteiger partial charge in [-0.15, -0.1) is 5.10 Å². The highest BCUT2D eigenvalue weighted by atomic mass is 32.2. The van der Waals surface area contributed by atoms with Crippen molar-refractivity contribution >= 4 is 17.7 Å². The summed E-state index contributed by atoms with van der Waals surface area (Å²) in [5, 5.41) is 7.75. The van der Waals surface area contributed by atoms with Gasteiger partial charge in [0.15, 0.2) is 5.82 Å². The summed E-state index contributed by atoms with van der Waals surface area (Å²) in [6, 6.07) is 13.6. The van der Waals surface area contributed by atoms with Crippen LogP contribution in [0.3, 0.4) is 0 Å². The fourth-order valence-corrected chi connectivity index (χ4v) is 3.89. The van der Waals surface area contributed by atoms with Gasteiger partial charge in [0.05, 0.1) is 18.6 Å². The van der Waals surface area contributed by atoms with E-state index in [0.717, 1.165) is 36.3 Å². The molecule has 3 aromatic rings. The third kappa shape index (κ3) is 4.54. The second-order valence-corrected chi connectivity index (χ2v) is 7.56. The molecule has 2 heterocycles. The number of aromatic amines is 1. The van der Waals surface area contributed by atoms with E-state index in [1.165, 1.54) is 18.2 Å². The van der Waals surface area contributed by atoms with E-state index in [1.54, 1.807) is 6.26 Å². The molecule has 1 aliphatic rings. The lowest BCUT2D eigenvalue weighted by molar-refractivity contribution is -0.127. The van der Waals surface area contributed by atoms with E-state index in [1.807, 2.05) is 47.4 Å². The van der Waals surface area contributed by atoms with Crippen molar-refractivity contribution in [3.05, 3.63) is 66.3 Å². The summed E-state index contributed by atoms with van der Waals surface area (Å²) in [6.45, 7) is 0.460. The van der Waals surface area contributed by atoms with Crippen molar-refractivity contribution in [1.29, 1.82) is 0 Å². The molecular formula is C21H22N4O2S. The van der Waals surface area contributed by atoms with Gasteiger partial charge in [-0.3, -0.25) is 9.89 Å². The standard InChI is InChI=1S/C21H22N4O2S/c26-19(15-28-21-22-20(23-24-21)16-8-3-1-4-9-16)25(14-18-12-7-13-27-18)17-10-5-2-6-11-17/h1,3-4,7-10,12-13H,2,5-6,11,14-15H2,(H,22,23,24). The van der Waals surface area contributed by atoms with E-state index >= 15 is 0 Å². The zero-order valence-electron chi connectivity index (χ0n) is 15.5. The molecule has 144 valence electrons. The number of rotatable bonds is 7. The van der Waals surface area contributed by atoms with Crippen molar-refractivity contribution in [3.63, 3.8) is 0 Å². The first-order valence-electron chi connectivity index (χ1n) is 9.42. The number of benzene rings is 1. The maximum Gasteiger partial charge on any atom is 0.237 e. The van der Waals surface area contributed by atoms with Crippen LogP contribution >= 0.6 is 11.8 Å². The average Bonchev–Trinajstić information content (AvgIpc) is 3.44. The van der Waals surface area contributed by atoms with Crippen LogP contribution in [0.25, 0.3) is 11.4 Å². The molecule has 1 aromatic carbocycles. The van der Waals surface area contributed by atoms with Gasteiger partial charge in [-0.25, -0.2) is 4.98 Å². The smallest absolute Gasteiger partial charge is 0.237 e. The molecule has 0 radical (unpaired) electrons. The first kappa shape index (κ1) is 18.6. The van der Waals surface area contributed by atoms with Crippen LogP contribution in [0.1, 0.15) is 31.4 Å². The first-order chi connectivity index (χ1) is 13.8. The summed E-state index contributed by atoms with van der Waals surface area (Å²) in [5.74, 6) is 1.82. The zero-order valence-corrected chi connectivity index (χ0v) is 16.3. The van der Waals surface area contributed by atoms with Crippen molar-refractivity contribution in [1.82, 2.24) is 20.1 Å². The number of aromatic nitrogens is 3. The van der Waals surface area contributed by atoms with E-state index in [0.29, 0.717) is 17.5 Å². The van der Waals surface area contributed by atoms with Gasteiger partial charge in [-0.2, -0.15) is 0 Å². The second kappa shape index (κ2) is 8.93. The summed E-state index contributed by atoms with van der Waals surface area (Å²) >= 11 is 1.35. The molecule has 28 heavy (non-hydrogen) atoms. The maximum atomic E-state index is 13.0. The molecular weight excluding hydrogens is 372 g/mol. The Kier molecular flexibility index (Phi) is 5.92. The number of nitrogens with zero attached hydrogens (tertiary/aromatic N) is 3. The zero-order chi connectivity index (χ0) is 19.2. The number of nitrogens with one attached hydrogen (secondary N) is 1. The molecule has 0 saturated heterocycles. The number of hydrogen-bond donors (Lipinski definition) is 1. The lowest BCUT2D eigenvalue weighted by Gasteiger charge is -2.26. The van der Waals surface area contributed by atoms with Crippen molar-refractivity contribution in [2.75, 3.05) is 5.75 Å². The van der Waals surface area contributed by atoms with Crippen molar-refractivity contribution in [3.8, 4) is 11.4 Å². The van der Waals surface area contributed by atoms with Crippen LogP contribution < -0.4 is 0 Å². The Morgan fingerprint density at radius 3 is 2.82 bits per heavy atom. The summed E-state index contributed by atoms with van der Waals surface area (Å²) in [4.78, 5) is 19.3. The van der Waals surface area contributed by atoms with E-state index in [-0.39, 0.29) is 11.7 Å². The van der Waals surface area contributed by atoms with Crippen LogP contribution in [0, 0.1) is 0 Å². The van der Waals surface area contributed by atoms with Crippen LogP contribution in [0.15, 0.2) is 70.1 Å². The highest BCUT2D eigenvalue weighted by Crippen LogP contribution is 2.25. The van der Waals surface area contributed by atoms with Gasteiger partial charge in [0.2, 0.25) is 11.1 Å². The van der Waals surface area contributed by atoms with Gasteiger partial charge in [-0.05, 0) is 37.8 Å². The Hall–Kier alpha value is -2.80. The minimum absolute atomic E-state index is 0.0422. The molecule has 1 N–H and O–H groups in total. The van der Waals surface area contributed by atoms with Crippen LogP contribution in [0.5, 0.6) is 0 Å². The summed E-state index contributed by atoms with van der Waals surface area (Å²) < 4.78 is 5.46. The molecule has 4 rings (SSSR count). The third-order valence-electron chi connectivity index (χ3n) is 4.65. The predicted octanol–water partition coefficient (Wildman–Crippen LogP) is 4.64. The topological polar surface area (TPSA) is 75.0 Å². The molecule has 0 saturated carbocycles. The highest BCUT2D eigenvalue weighted by Gasteiger charge is 2.21. The third-order valence-corrected chi connectivity index (χ3v) is 5.48. The van der Waals surface area contributed by atoms with Crippen LogP contribution in [0.2, 0.25) is 0 Å². The number of carbonyl (C=O) groups is 1. The number of furan rings is 1. The van der Waals surface area contributed by atoms with Gasteiger partial charge in [0, 0.05) is 11.3 Å². The van der Waals surface area contributed by atoms with Gasteiger partial charge >= 0.3 is 0 Å². The minimum Gasteiger partial charge on any atom is -0.467 e. The minimum atomic E-state index is 0.0422. The molecule has 7 heteroatoms. The summed E-state index contributed by atoms with van der Waals surface area (Å²) in [6.07, 6.45) is 8.06. The molecule has 0 atom stereocenters. The van der Waals surface area contributed by atoms with Gasteiger partial charge in [0.1, 0.15) is 5.76 Å². The normalized spacial score (nSPS) is 13.9. The molecule has 0 bridgehead atoms. The van der Waals surface area contributed by atoms with Crippen LogP contribution in [0.4, 0.5) is 0 Å². The molecule has 1 amide bonds. The van der Waals surface area contributed by atoms with Gasteiger partial charge in [-0.1, -0.05) is 48.2 Å². The van der Waals surface area contributed by atoms with Crippen LogP contribution in [-0.2, 0) is 11.3 Å². The van der Waals surface area contributed by atoms with Crippen molar-refractivity contribution in [2.45, 2.75) is 37.4 Å². The molecule has 0 spiro atoms. The number of allylic oxidation sites excluding steroid dienone is 2. The molecule has 2 aromatic heterocycles. The first-order valence-corrected chi connectivity index (χ1v) is 10.4. The molecule has 0 unspecified atom stereocenters. The quantitative estimate of drug-likeness (QED) is 0.591. The van der Waals surface area contributed by atoms with Crippen molar-refractivity contribution in [2.24, 2.45) is 0 Å². The van der Waals surface area contributed by atoms with Gasteiger partial charge < -0.3 is 9.32 Å². The summed E-state index contributed by atoms with van der Waals surface area (Å²) in [5.41, 5.74) is 2.06. The van der Waals surface area contributed by atoms with E-state index < -0.39 is 0 Å². The molecule has 0 fully saturated rings. The van der Waals surface area contributed by atoms with Crippen LogP contribution in [-0.4, -0.2) is 31.7 Å². The lowest BCUT2D eigenvalue weighted by Crippen LogP contribution is -2.32. The molecule has 1 aliphatic carbocycles. The van der Waals surface area contributed by atoms with E-state index in [2.05, 4.69) is 21.3 Å². The maximum absolute atomic E-state index is 13.0. The SMILES string of the molecule is O=C(CSc1n[nH]c(-c2ccccc2)n1)N(Cc1ccco1)C1=CCCCC1. The number of carbonyl (C=O) groups excluding carboxylic acids is 1. The lowest BCUT2D eigenvalue weighted by atomic mass is 10.0. The second-order valence-electron chi connectivity index (χ2n) is 6.62. The van der Waals surface area contributed by atoms with E-state index in [9.17, 15) is 4.79 Å². The monoisotopic (exact) mass is 394 g/mol. The molecule has 0 aliphatic heterocycles. The van der Waals surface area contributed by atoms with Crippen molar-refractivity contribution < 1.29 is 9.21 Å². The Morgan fingerprint density at radius 1 is 1.18 bits per heavy atom. The fourth-order valence-electron chi connectivity index (χ4n) is 3.21. The number of hydrogen-bond acceptors (Lipinski definition) is 5. The molecule has 6 nitrogen and oxygen atoms in total. The number of thioether (sulfide) groups is 1.